The molecule has 30 heavy (non-hydrogen) atoms. The number of imide groups is 1. The second-order valence-corrected chi connectivity index (χ2v) is 7.14. The van der Waals surface area contributed by atoms with Crippen LogP contribution in [0.1, 0.15) is 18.1 Å². The van der Waals surface area contributed by atoms with Crippen molar-refractivity contribution in [2.24, 2.45) is 0 Å². The number of hydrogen-bond donors (Lipinski definition) is 3. The van der Waals surface area contributed by atoms with E-state index in [9.17, 15) is 23.6 Å². The van der Waals surface area contributed by atoms with Crippen LogP contribution >= 0.6 is 0 Å². The molecule has 9 heteroatoms. The highest BCUT2D eigenvalue weighted by Crippen LogP contribution is 2.28. The zero-order chi connectivity index (χ0) is 21.9. The summed E-state index contributed by atoms with van der Waals surface area (Å²) in [5.74, 6) is -2.19. The number of benzene rings is 2. The van der Waals surface area contributed by atoms with E-state index in [2.05, 4.69) is 16.0 Å². The summed E-state index contributed by atoms with van der Waals surface area (Å²) in [4.78, 5) is 50.0. The van der Waals surface area contributed by atoms with Crippen molar-refractivity contribution in [3.05, 3.63) is 65.5 Å². The van der Waals surface area contributed by atoms with Crippen LogP contribution in [0.25, 0.3) is 0 Å². The van der Waals surface area contributed by atoms with Crippen molar-refractivity contribution in [3.63, 3.8) is 0 Å². The van der Waals surface area contributed by atoms with Gasteiger partial charge in [0.15, 0.2) is 0 Å². The normalized spacial score (nSPS) is 18.2. The fourth-order valence-corrected chi connectivity index (χ4v) is 3.04. The van der Waals surface area contributed by atoms with Gasteiger partial charge in [-0.05, 0) is 43.7 Å². The molecular weight excluding hydrogens is 391 g/mol. The Balaban J connectivity index is 1.56. The van der Waals surface area contributed by atoms with Gasteiger partial charge < -0.3 is 16.0 Å². The monoisotopic (exact) mass is 412 g/mol. The molecule has 1 saturated heterocycles. The number of rotatable bonds is 6. The van der Waals surface area contributed by atoms with E-state index in [0.717, 1.165) is 10.5 Å². The van der Waals surface area contributed by atoms with E-state index in [-0.39, 0.29) is 6.54 Å². The highest BCUT2D eigenvalue weighted by atomic mass is 19.1. The molecule has 2 aromatic carbocycles. The van der Waals surface area contributed by atoms with Crippen LogP contribution < -0.4 is 16.0 Å². The van der Waals surface area contributed by atoms with Crippen LogP contribution in [0, 0.1) is 12.7 Å². The summed E-state index contributed by atoms with van der Waals surface area (Å²) >= 11 is 0. The number of carbonyl (C=O) groups is 4. The topological polar surface area (TPSA) is 108 Å². The van der Waals surface area contributed by atoms with Gasteiger partial charge in [0.25, 0.3) is 5.91 Å². The molecule has 0 aromatic heterocycles. The van der Waals surface area contributed by atoms with Gasteiger partial charge in [-0.15, -0.1) is 0 Å². The number of halogens is 1. The Hall–Kier alpha value is -3.75. The lowest BCUT2D eigenvalue weighted by atomic mass is 9.91. The third kappa shape index (κ3) is 4.45. The third-order valence-electron chi connectivity index (χ3n) is 4.78. The summed E-state index contributed by atoms with van der Waals surface area (Å²) in [5, 5.41) is 7.47. The zero-order valence-electron chi connectivity index (χ0n) is 16.5. The number of urea groups is 1. The Morgan fingerprint density at radius 2 is 1.67 bits per heavy atom. The quantitative estimate of drug-likeness (QED) is 0.627. The fourth-order valence-electron chi connectivity index (χ4n) is 3.04. The summed E-state index contributed by atoms with van der Waals surface area (Å²) in [6.45, 7) is 2.60. The molecular formula is C21H21FN4O4. The van der Waals surface area contributed by atoms with E-state index >= 15 is 0 Å². The number of nitrogens with one attached hydrogen (secondary N) is 3. The van der Waals surface area contributed by atoms with Crippen LogP contribution in [0.2, 0.25) is 0 Å². The van der Waals surface area contributed by atoms with Crippen LogP contribution in [0.3, 0.4) is 0 Å². The lowest BCUT2D eigenvalue weighted by Crippen LogP contribution is -2.44. The van der Waals surface area contributed by atoms with Gasteiger partial charge in [0.05, 0.1) is 6.54 Å². The van der Waals surface area contributed by atoms with E-state index in [4.69, 9.17) is 0 Å². The molecule has 0 aliphatic carbocycles. The van der Waals surface area contributed by atoms with Crippen molar-refractivity contribution in [2.75, 3.05) is 18.4 Å². The summed E-state index contributed by atoms with van der Waals surface area (Å²) in [6.07, 6.45) is 0. The highest BCUT2D eigenvalue weighted by molar-refractivity contribution is 6.09. The number of hydrogen-bond acceptors (Lipinski definition) is 4. The van der Waals surface area contributed by atoms with Crippen molar-refractivity contribution in [1.82, 2.24) is 15.5 Å². The van der Waals surface area contributed by atoms with Crippen molar-refractivity contribution in [2.45, 2.75) is 19.4 Å². The molecule has 2 aromatic rings. The summed E-state index contributed by atoms with van der Waals surface area (Å²) in [7, 11) is 0. The standard InChI is InChI=1S/C21H21FN4O4/c1-13-3-5-14(6-4-13)21(2)19(29)26(20(30)25-21)12-18(28)23-11-17(27)24-16-9-7-15(22)8-10-16/h3-10H,11-12H2,1-2H3,(H,23,28)(H,24,27)(H,25,30)/t21-/m0/s1. The molecule has 1 heterocycles. The second-order valence-electron chi connectivity index (χ2n) is 7.14. The van der Waals surface area contributed by atoms with Crippen molar-refractivity contribution >= 4 is 29.4 Å². The summed E-state index contributed by atoms with van der Waals surface area (Å²) in [5.41, 5.74) is 0.714. The molecule has 156 valence electrons. The molecule has 8 nitrogen and oxygen atoms in total. The molecule has 0 bridgehead atoms. The van der Waals surface area contributed by atoms with E-state index < -0.39 is 41.7 Å². The van der Waals surface area contributed by atoms with Crippen molar-refractivity contribution in [1.29, 1.82) is 0 Å². The number of carbonyl (C=O) groups excluding carboxylic acids is 4. The Bertz CT molecular complexity index is 991. The minimum atomic E-state index is -1.27. The van der Waals surface area contributed by atoms with Gasteiger partial charge in [0.1, 0.15) is 17.9 Å². The highest BCUT2D eigenvalue weighted by Gasteiger charge is 2.49. The number of amides is 5. The van der Waals surface area contributed by atoms with E-state index in [0.29, 0.717) is 11.3 Å². The minimum Gasteiger partial charge on any atom is -0.345 e. The Morgan fingerprint density at radius 1 is 1.03 bits per heavy atom. The second kappa shape index (κ2) is 8.32. The maximum atomic E-state index is 12.9. The average molecular weight is 412 g/mol. The molecule has 1 atom stereocenters. The zero-order valence-corrected chi connectivity index (χ0v) is 16.5. The number of anilines is 1. The predicted molar refractivity (Wildman–Crippen MR) is 107 cm³/mol. The van der Waals surface area contributed by atoms with Gasteiger partial charge in [0.2, 0.25) is 11.8 Å². The third-order valence-corrected chi connectivity index (χ3v) is 4.78. The van der Waals surface area contributed by atoms with Gasteiger partial charge in [-0.1, -0.05) is 29.8 Å². The van der Waals surface area contributed by atoms with E-state index in [1.54, 1.807) is 19.1 Å². The molecule has 0 radical (unpaired) electrons. The first-order chi connectivity index (χ1) is 14.2. The average Bonchev–Trinajstić information content (AvgIpc) is 2.92. The summed E-state index contributed by atoms with van der Waals surface area (Å²) < 4.78 is 12.9. The van der Waals surface area contributed by atoms with Gasteiger partial charge in [0, 0.05) is 5.69 Å². The predicted octanol–water partition coefficient (Wildman–Crippen LogP) is 1.66. The maximum absolute atomic E-state index is 12.9. The molecule has 3 N–H and O–H groups in total. The van der Waals surface area contributed by atoms with Gasteiger partial charge in [-0.3, -0.25) is 19.3 Å². The van der Waals surface area contributed by atoms with Crippen molar-refractivity contribution in [3.8, 4) is 0 Å². The SMILES string of the molecule is Cc1ccc([C@]2(C)NC(=O)N(CC(=O)NCC(=O)Nc3ccc(F)cc3)C2=O)cc1. The molecule has 1 aliphatic rings. The number of nitrogens with zero attached hydrogens (tertiary/aromatic N) is 1. The van der Waals surface area contributed by atoms with Crippen molar-refractivity contribution < 1.29 is 23.6 Å². The van der Waals surface area contributed by atoms with Crippen LogP contribution in [0.4, 0.5) is 14.9 Å². The van der Waals surface area contributed by atoms with E-state index in [1.165, 1.54) is 24.3 Å². The number of aryl methyl sites for hydroxylation is 1. The van der Waals surface area contributed by atoms with E-state index in [1.807, 2.05) is 19.1 Å². The van der Waals surface area contributed by atoms with Gasteiger partial charge in [-0.2, -0.15) is 0 Å². The van der Waals surface area contributed by atoms with Gasteiger partial charge in [-0.25, -0.2) is 9.18 Å². The van der Waals surface area contributed by atoms with Crippen LogP contribution in [0.5, 0.6) is 0 Å². The molecule has 1 fully saturated rings. The fraction of sp³-hybridized carbons (Fsp3) is 0.238. The first-order valence-electron chi connectivity index (χ1n) is 9.22. The first-order valence-corrected chi connectivity index (χ1v) is 9.22. The van der Waals surface area contributed by atoms with Crippen LogP contribution in [-0.2, 0) is 19.9 Å². The van der Waals surface area contributed by atoms with Crippen LogP contribution in [-0.4, -0.2) is 41.7 Å². The van der Waals surface area contributed by atoms with Gasteiger partial charge >= 0.3 is 6.03 Å². The minimum absolute atomic E-state index is 0.366. The molecule has 0 spiro atoms. The summed E-state index contributed by atoms with van der Waals surface area (Å²) in [6, 6.07) is 11.6. The van der Waals surface area contributed by atoms with Crippen LogP contribution in [0.15, 0.2) is 48.5 Å². The smallest absolute Gasteiger partial charge is 0.325 e. The largest absolute Gasteiger partial charge is 0.345 e. The Morgan fingerprint density at radius 3 is 2.30 bits per heavy atom. The molecule has 0 unspecified atom stereocenters. The first kappa shape index (κ1) is 21.0. The Kier molecular flexibility index (Phi) is 5.81. The Labute approximate surface area is 172 Å². The maximum Gasteiger partial charge on any atom is 0.325 e. The lowest BCUT2D eigenvalue weighted by molar-refractivity contribution is -0.135. The molecule has 3 rings (SSSR count). The molecule has 0 saturated carbocycles. The molecule has 1 aliphatic heterocycles. The lowest BCUT2D eigenvalue weighted by Gasteiger charge is -2.22. The molecule has 5 amide bonds.